The van der Waals surface area contributed by atoms with Crippen LogP contribution in [0.2, 0.25) is 0 Å². The van der Waals surface area contributed by atoms with E-state index in [1.54, 1.807) is 6.20 Å². The fraction of sp³-hybridized carbons (Fsp3) is 0.250. The van der Waals surface area contributed by atoms with Crippen molar-refractivity contribution in [3.8, 4) is 0 Å². The minimum atomic E-state index is -0.503. The molecule has 6 heteroatoms. The lowest BCUT2D eigenvalue weighted by Crippen LogP contribution is -2.23. The highest BCUT2D eigenvalue weighted by molar-refractivity contribution is 5.92. The number of carbonyl (C=O) groups is 1. The van der Waals surface area contributed by atoms with Crippen molar-refractivity contribution in [3.05, 3.63) is 95.3 Å². The molecule has 0 radical (unpaired) electrons. The highest BCUT2D eigenvalue weighted by Gasteiger charge is 2.08. The highest BCUT2D eigenvalue weighted by atomic mass is 35.5. The monoisotopic (exact) mass is 425 g/mol. The molecule has 158 valence electrons. The summed E-state index contributed by atoms with van der Waals surface area (Å²) in [6, 6.07) is 21.3. The highest BCUT2D eigenvalue weighted by Crippen LogP contribution is 2.13. The summed E-state index contributed by atoms with van der Waals surface area (Å²) in [5, 5.41) is 16.4. The molecule has 0 saturated heterocycles. The number of amides is 1. The van der Waals surface area contributed by atoms with Crippen LogP contribution in [0, 0.1) is 6.92 Å². The van der Waals surface area contributed by atoms with Crippen molar-refractivity contribution in [2.45, 2.75) is 25.9 Å². The van der Waals surface area contributed by atoms with E-state index in [1.165, 1.54) is 5.56 Å². The fourth-order valence-electron chi connectivity index (χ4n) is 3.08. The Labute approximate surface area is 184 Å². The minimum absolute atomic E-state index is 0. The van der Waals surface area contributed by atoms with Crippen LogP contribution in [0.3, 0.4) is 0 Å². The molecule has 1 heterocycles. The summed E-state index contributed by atoms with van der Waals surface area (Å²) in [6.07, 6.45) is 2.32. The van der Waals surface area contributed by atoms with Crippen molar-refractivity contribution >= 4 is 24.0 Å². The molecule has 5 nitrogen and oxygen atoms in total. The minimum Gasteiger partial charge on any atom is -0.387 e. The largest absolute Gasteiger partial charge is 0.387 e. The maximum absolute atomic E-state index is 12.2. The molecule has 0 aliphatic heterocycles. The molecule has 3 rings (SSSR count). The zero-order valence-corrected chi connectivity index (χ0v) is 17.9. The molecule has 30 heavy (non-hydrogen) atoms. The molecule has 1 amide bonds. The normalized spacial score (nSPS) is 11.4. The smallest absolute Gasteiger partial charge is 0.230 e. The van der Waals surface area contributed by atoms with E-state index in [0.717, 1.165) is 35.5 Å². The number of hydrogen-bond donors (Lipinski definition) is 3. The SMILES string of the molecule is Cc1cccnc1CC(=O)Nc1ccc(CCNC[C@H](O)c2ccccc2)cc1.Cl. The van der Waals surface area contributed by atoms with Crippen LogP contribution < -0.4 is 10.6 Å². The lowest BCUT2D eigenvalue weighted by molar-refractivity contribution is -0.115. The number of rotatable bonds is 9. The second-order valence-electron chi connectivity index (χ2n) is 7.07. The molecule has 1 atom stereocenters. The van der Waals surface area contributed by atoms with Gasteiger partial charge in [0.15, 0.2) is 0 Å². The number of nitrogens with one attached hydrogen (secondary N) is 2. The fourth-order valence-corrected chi connectivity index (χ4v) is 3.08. The Bertz CT molecular complexity index is 917. The van der Waals surface area contributed by atoms with Crippen molar-refractivity contribution in [2.75, 3.05) is 18.4 Å². The summed E-state index contributed by atoms with van der Waals surface area (Å²) in [5.74, 6) is -0.0730. The van der Waals surface area contributed by atoms with Gasteiger partial charge in [-0.05, 0) is 54.8 Å². The predicted molar refractivity (Wildman–Crippen MR) is 123 cm³/mol. The van der Waals surface area contributed by atoms with Crippen LogP contribution in [-0.4, -0.2) is 29.1 Å². The van der Waals surface area contributed by atoms with Gasteiger partial charge < -0.3 is 15.7 Å². The third kappa shape index (κ3) is 7.26. The summed E-state index contributed by atoms with van der Waals surface area (Å²) in [5.41, 5.74) is 4.68. The number of halogens is 1. The second kappa shape index (κ2) is 12.1. The van der Waals surface area contributed by atoms with Crippen molar-refractivity contribution in [1.82, 2.24) is 10.3 Å². The summed E-state index contributed by atoms with van der Waals surface area (Å²) in [4.78, 5) is 16.5. The average Bonchev–Trinajstić information content (AvgIpc) is 2.74. The van der Waals surface area contributed by atoms with Crippen LogP contribution in [-0.2, 0) is 17.6 Å². The zero-order chi connectivity index (χ0) is 20.5. The Hall–Kier alpha value is -2.73. The molecule has 0 fully saturated rings. The van der Waals surface area contributed by atoms with Crippen LogP contribution in [0.15, 0.2) is 72.9 Å². The van der Waals surface area contributed by atoms with Crippen molar-refractivity contribution in [2.24, 2.45) is 0 Å². The summed E-state index contributed by atoms with van der Waals surface area (Å²) in [7, 11) is 0. The van der Waals surface area contributed by atoms with Gasteiger partial charge in [-0.25, -0.2) is 0 Å². The standard InChI is InChI=1S/C24H27N3O2.ClH/c1-18-6-5-14-26-22(18)16-24(29)27-21-11-9-19(10-12-21)13-15-25-17-23(28)20-7-3-2-4-8-20;/h2-12,14,23,25,28H,13,15-17H2,1H3,(H,27,29);1H/t23-;/m0./s1. The van der Waals surface area contributed by atoms with E-state index >= 15 is 0 Å². The molecule has 0 unspecified atom stereocenters. The maximum Gasteiger partial charge on any atom is 0.230 e. The summed E-state index contributed by atoms with van der Waals surface area (Å²) >= 11 is 0. The number of aliphatic hydroxyl groups is 1. The first-order valence-electron chi connectivity index (χ1n) is 9.85. The molecule has 0 bridgehead atoms. The van der Waals surface area contributed by atoms with Gasteiger partial charge in [0.25, 0.3) is 0 Å². The van der Waals surface area contributed by atoms with Gasteiger partial charge in [-0.15, -0.1) is 12.4 Å². The molecule has 0 aliphatic carbocycles. The van der Waals surface area contributed by atoms with E-state index in [4.69, 9.17) is 0 Å². The molecule has 1 aromatic heterocycles. The van der Waals surface area contributed by atoms with Gasteiger partial charge in [0.05, 0.1) is 18.2 Å². The number of aryl methyl sites for hydroxylation is 1. The number of nitrogens with zero attached hydrogens (tertiary/aromatic N) is 1. The Balaban J connectivity index is 0.00000320. The van der Waals surface area contributed by atoms with Crippen LogP contribution in [0.25, 0.3) is 0 Å². The van der Waals surface area contributed by atoms with Gasteiger partial charge >= 0.3 is 0 Å². The molecule has 3 aromatic rings. The van der Waals surface area contributed by atoms with Gasteiger partial charge in [0.1, 0.15) is 0 Å². The van der Waals surface area contributed by atoms with E-state index in [2.05, 4.69) is 15.6 Å². The number of aromatic nitrogens is 1. The van der Waals surface area contributed by atoms with Crippen LogP contribution in [0.1, 0.15) is 28.5 Å². The Morgan fingerprint density at radius 1 is 1.03 bits per heavy atom. The van der Waals surface area contributed by atoms with Gasteiger partial charge in [-0.1, -0.05) is 48.5 Å². The molecule has 2 aromatic carbocycles. The van der Waals surface area contributed by atoms with Gasteiger partial charge in [-0.2, -0.15) is 0 Å². The lowest BCUT2D eigenvalue weighted by Gasteiger charge is -2.12. The number of anilines is 1. The summed E-state index contributed by atoms with van der Waals surface area (Å²) in [6.45, 7) is 3.25. The first-order chi connectivity index (χ1) is 14.1. The van der Waals surface area contributed by atoms with Crippen molar-refractivity contribution in [3.63, 3.8) is 0 Å². The van der Waals surface area contributed by atoms with E-state index in [0.29, 0.717) is 6.54 Å². The molecular formula is C24H28ClN3O2. The van der Waals surface area contributed by atoms with Gasteiger partial charge in [0, 0.05) is 18.4 Å². The molecule has 0 aliphatic rings. The lowest BCUT2D eigenvalue weighted by atomic mass is 10.1. The van der Waals surface area contributed by atoms with Crippen molar-refractivity contribution in [1.29, 1.82) is 0 Å². The van der Waals surface area contributed by atoms with E-state index in [-0.39, 0.29) is 24.7 Å². The first-order valence-corrected chi connectivity index (χ1v) is 9.85. The predicted octanol–water partition coefficient (Wildman–Crippen LogP) is 3.86. The number of hydrogen-bond acceptors (Lipinski definition) is 4. The van der Waals surface area contributed by atoms with E-state index in [9.17, 15) is 9.90 Å². The maximum atomic E-state index is 12.2. The number of carbonyl (C=O) groups excluding carboxylic acids is 1. The van der Waals surface area contributed by atoms with Crippen molar-refractivity contribution < 1.29 is 9.90 Å². The number of aliphatic hydroxyl groups excluding tert-OH is 1. The molecule has 0 spiro atoms. The van der Waals surface area contributed by atoms with Gasteiger partial charge in [0.2, 0.25) is 5.91 Å². The molecule has 3 N–H and O–H groups in total. The Morgan fingerprint density at radius 2 is 1.77 bits per heavy atom. The van der Waals surface area contributed by atoms with Crippen LogP contribution in [0.4, 0.5) is 5.69 Å². The molecular weight excluding hydrogens is 398 g/mol. The molecule has 0 saturated carbocycles. The third-order valence-electron chi connectivity index (χ3n) is 4.80. The number of pyridine rings is 1. The van der Waals surface area contributed by atoms with E-state index in [1.807, 2.05) is 73.7 Å². The average molecular weight is 426 g/mol. The van der Waals surface area contributed by atoms with Crippen LogP contribution in [0.5, 0.6) is 0 Å². The van der Waals surface area contributed by atoms with Gasteiger partial charge in [-0.3, -0.25) is 9.78 Å². The number of benzene rings is 2. The van der Waals surface area contributed by atoms with Crippen LogP contribution >= 0.6 is 12.4 Å². The summed E-state index contributed by atoms with van der Waals surface area (Å²) < 4.78 is 0. The quantitative estimate of drug-likeness (QED) is 0.455. The second-order valence-corrected chi connectivity index (χ2v) is 7.07. The Kier molecular flexibility index (Phi) is 9.48. The van der Waals surface area contributed by atoms with E-state index < -0.39 is 6.10 Å². The zero-order valence-electron chi connectivity index (χ0n) is 17.0. The first kappa shape index (κ1) is 23.5. The topological polar surface area (TPSA) is 74.2 Å². The Morgan fingerprint density at radius 3 is 2.47 bits per heavy atom. The third-order valence-corrected chi connectivity index (χ3v) is 4.80.